The molecule has 110 valence electrons. The Morgan fingerprint density at radius 1 is 1.24 bits per heavy atom. The van der Waals surface area contributed by atoms with E-state index in [1.165, 1.54) is 18.2 Å². The Labute approximate surface area is 127 Å². The lowest BCUT2D eigenvalue weighted by atomic mass is 10.1. The van der Waals surface area contributed by atoms with Gasteiger partial charge in [0.1, 0.15) is 5.82 Å². The summed E-state index contributed by atoms with van der Waals surface area (Å²) in [6, 6.07) is 8.96. The number of carbonyl (C=O) groups excluding carboxylic acids is 1. The number of nitrogens with two attached hydrogens (primary N) is 1. The summed E-state index contributed by atoms with van der Waals surface area (Å²) in [6.45, 7) is 0. The van der Waals surface area contributed by atoms with Crippen LogP contribution in [-0.2, 0) is 0 Å². The predicted octanol–water partition coefficient (Wildman–Crippen LogP) is 3.38. The van der Waals surface area contributed by atoms with Crippen molar-refractivity contribution in [3.05, 3.63) is 52.8 Å². The summed E-state index contributed by atoms with van der Waals surface area (Å²) in [6.07, 6.45) is 0. The van der Waals surface area contributed by atoms with E-state index >= 15 is 0 Å². The van der Waals surface area contributed by atoms with Crippen molar-refractivity contribution in [2.45, 2.75) is 0 Å². The summed E-state index contributed by atoms with van der Waals surface area (Å²) in [7, 11) is 3.62. The van der Waals surface area contributed by atoms with Gasteiger partial charge in [-0.3, -0.25) is 4.79 Å². The first-order valence-electron chi connectivity index (χ1n) is 6.21. The molecule has 2 aromatic carbocycles. The molecule has 0 bridgehead atoms. The van der Waals surface area contributed by atoms with E-state index in [-0.39, 0.29) is 5.69 Å². The number of anilines is 3. The van der Waals surface area contributed by atoms with Crippen LogP contribution in [0, 0.1) is 5.82 Å². The summed E-state index contributed by atoms with van der Waals surface area (Å²) in [5.41, 5.74) is 7.25. The monoisotopic (exact) mass is 307 g/mol. The van der Waals surface area contributed by atoms with Crippen LogP contribution in [0.5, 0.6) is 0 Å². The van der Waals surface area contributed by atoms with Crippen molar-refractivity contribution in [2.24, 2.45) is 0 Å². The van der Waals surface area contributed by atoms with Gasteiger partial charge in [0.2, 0.25) is 0 Å². The molecule has 6 heteroatoms. The smallest absolute Gasteiger partial charge is 0.257 e. The number of hydrogen-bond donors (Lipinski definition) is 2. The molecule has 0 heterocycles. The number of nitrogens with one attached hydrogen (secondary N) is 1. The molecule has 1 amide bonds. The van der Waals surface area contributed by atoms with Gasteiger partial charge < -0.3 is 16.0 Å². The number of halogens is 2. The van der Waals surface area contributed by atoms with Gasteiger partial charge in [-0.1, -0.05) is 11.6 Å². The van der Waals surface area contributed by atoms with Crippen molar-refractivity contribution >= 4 is 34.6 Å². The molecule has 0 fully saturated rings. The van der Waals surface area contributed by atoms with E-state index in [9.17, 15) is 9.18 Å². The number of nitrogens with zero attached hydrogens (tertiary/aromatic N) is 1. The van der Waals surface area contributed by atoms with Gasteiger partial charge in [0, 0.05) is 30.5 Å². The van der Waals surface area contributed by atoms with Gasteiger partial charge in [-0.25, -0.2) is 4.39 Å². The number of nitrogen functional groups attached to an aromatic ring is 1. The molecule has 2 aromatic rings. The molecule has 0 aromatic heterocycles. The summed E-state index contributed by atoms with van der Waals surface area (Å²) >= 11 is 5.81. The van der Waals surface area contributed by atoms with Gasteiger partial charge >= 0.3 is 0 Å². The maximum atomic E-state index is 13.7. The van der Waals surface area contributed by atoms with Crippen LogP contribution in [0.4, 0.5) is 21.5 Å². The molecule has 0 radical (unpaired) electrons. The maximum Gasteiger partial charge on any atom is 0.257 e. The second kappa shape index (κ2) is 6.01. The first-order valence-corrected chi connectivity index (χ1v) is 6.59. The van der Waals surface area contributed by atoms with E-state index in [0.717, 1.165) is 0 Å². The van der Waals surface area contributed by atoms with E-state index in [1.54, 1.807) is 23.1 Å². The topological polar surface area (TPSA) is 58.4 Å². The first-order chi connectivity index (χ1) is 9.88. The molecule has 0 aliphatic carbocycles. The van der Waals surface area contributed by atoms with Crippen molar-refractivity contribution in [1.82, 2.24) is 0 Å². The molecule has 0 saturated heterocycles. The molecule has 0 unspecified atom stereocenters. The Balaban J connectivity index is 2.36. The fraction of sp³-hybridized carbons (Fsp3) is 0.133. The van der Waals surface area contributed by atoms with E-state index in [4.69, 9.17) is 17.3 Å². The van der Waals surface area contributed by atoms with Gasteiger partial charge in [0.15, 0.2) is 0 Å². The van der Waals surface area contributed by atoms with Crippen LogP contribution in [-0.4, -0.2) is 20.0 Å². The fourth-order valence-corrected chi connectivity index (χ4v) is 2.08. The minimum Gasteiger partial charge on any atom is -0.399 e. The van der Waals surface area contributed by atoms with Gasteiger partial charge in [0.25, 0.3) is 5.91 Å². The lowest BCUT2D eigenvalue weighted by molar-refractivity contribution is 0.102. The minimum atomic E-state index is -0.553. The van der Waals surface area contributed by atoms with Crippen molar-refractivity contribution in [3.63, 3.8) is 0 Å². The van der Waals surface area contributed by atoms with E-state index < -0.39 is 11.7 Å². The Hall–Kier alpha value is -2.27. The van der Waals surface area contributed by atoms with Crippen LogP contribution in [0.3, 0.4) is 0 Å². The van der Waals surface area contributed by atoms with Gasteiger partial charge in [-0.05, 0) is 36.4 Å². The number of carbonyl (C=O) groups is 1. The highest BCUT2D eigenvalue weighted by molar-refractivity contribution is 6.31. The highest BCUT2D eigenvalue weighted by Crippen LogP contribution is 2.24. The molecule has 0 atom stereocenters. The SMILES string of the molecule is CN(C)c1ccc(N)cc1C(=O)Nc1cc(Cl)ccc1F. The van der Waals surface area contributed by atoms with Crippen LogP contribution in [0.15, 0.2) is 36.4 Å². The maximum absolute atomic E-state index is 13.7. The molecule has 0 aliphatic heterocycles. The van der Waals surface area contributed by atoms with Gasteiger partial charge in [-0.15, -0.1) is 0 Å². The summed E-state index contributed by atoms with van der Waals surface area (Å²) in [5.74, 6) is -1.00. The van der Waals surface area contributed by atoms with Crippen LogP contribution >= 0.6 is 11.6 Å². The summed E-state index contributed by atoms with van der Waals surface area (Å²) < 4.78 is 13.7. The van der Waals surface area contributed by atoms with Crippen LogP contribution < -0.4 is 16.0 Å². The standard InChI is InChI=1S/C15H15ClFN3O/c1-20(2)14-6-4-10(18)8-11(14)15(21)19-13-7-9(16)3-5-12(13)17/h3-8H,18H2,1-2H3,(H,19,21). The van der Waals surface area contributed by atoms with Gasteiger partial charge in [-0.2, -0.15) is 0 Å². The van der Waals surface area contributed by atoms with E-state index in [1.807, 2.05) is 14.1 Å². The average Bonchev–Trinajstić information content (AvgIpc) is 2.42. The average molecular weight is 308 g/mol. The third kappa shape index (κ3) is 3.44. The van der Waals surface area contributed by atoms with Crippen molar-refractivity contribution in [2.75, 3.05) is 30.0 Å². The molecule has 2 rings (SSSR count). The highest BCUT2D eigenvalue weighted by atomic mass is 35.5. The third-order valence-electron chi connectivity index (χ3n) is 2.92. The molecular formula is C15H15ClFN3O. The van der Waals surface area contributed by atoms with Crippen LogP contribution in [0.1, 0.15) is 10.4 Å². The summed E-state index contributed by atoms with van der Waals surface area (Å²) in [4.78, 5) is 14.1. The largest absolute Gasteiger partial charge is 0.399 e. The zero-order valence-electron chi connectivity index (χ0n) is 11.7. The molecule has 0 saturated carbocycles. The Morgan fingerprint density at radius 2 is 1.95 bits per heavy atom. The van der Waals surface area contributed by atoms with E-state index in [2.05, 4.69) is 5.32 Å². The number of hydrogen-bond acceptors (Lipinski definition) is 3. The fourth-order valence-electron chi connectivity index (χ4n) is 1.91. The van der Waals surface area contributed by atoms with Crippen molar-refractivity contribution in [1.29, 1.82) is 0 Å². The first kappa shape index (κ1) is 15.1. The third-order valence-corrected chi connectivity index (χ3v) is 3.16. The molecule has 0 spiro atoms. The van der Waals surface area contributed by atoms with Crippen LogP contribution in [0.2, 0.25) is 5.02 Å². The Morgan fingerprint density at radius 3 is 2.62 bits per heavy atom. The van der Waals surface area contributed by atoms with Crippen molar-refractivity contribution in [3.8, 4) is 0 Å². The molecule has 21 heavy (non-hydrogen) atoms. The Bertz CT molecular complexity index is 689. The highest BCUT2D eigenvalue weighted by Gasteiger charge is 2.15. The van der Waals surface area contributed by atoms with Gasteiger partial charge in [0.05, 0.1) is 11.3 Å². The molecule has 0 aliphatic rings. The second-order valence-electron chi connectivity index (χ2n) is 4.75. The van der Waals surface area contributed by atoms with Crippen molar-refractivity contribution < 1.29 is 9.18 Å². The quantitative estimate of drug-likeness (QED) is 0.855. The molecular weight excluding hydrogens is 293 g/mol. The minimum absolute atomic E-state index is 0.0274. The number of rotatable bonds is 3. The normalized spacial score (nSPS) is 10.3. The lowest BCUT2D eigenvalue weighted by Crippen LogP contribution is -2.19. The zero-order chi connectivity index (χ0) is 15.6. The lowest BCUT2D eigenvalue weighted by Gasteiger charge is -2.17. The molecule has 4 nitrogen and oxygen atoms in total. The zero-order valence-corrected chi connectivity index (χ0v) is 12.4. The van der Waals surface area contributed by atoms with E-state index in [0.29, 0.717) is 22.0 Å². The summed E-state index contributed by atoms with van der Waals surface area (Å²) in [5, 5.41) is 2.85. The number of benzene rings is 2. The van der Waals surface area contributed by atoms with Crippen LogP contribution in [0.25, 0.3) is 0 Å². The Kier molecular flexibility index (Phi) is 4.33. The number of amides is 1. The second-order valence-corrected chi connectivity index (χ2v) is 5.19. The molecule has 3 N–H and O–H groups in total. The predicted molar refractivity (Wildman–Crippen MR) is 84.5 cm³/mol.